The van der Waals surface area contributed by atoms with Gasteiger partial charge in [0.25, 0.3) is 11.7 Å². The van der Waals surface area contributed by atoms with Crippen molar-refractivity contribution in [2.45, 2.75) is 50.9 Å². The Morgan fingerprint density at radius 3 is 2.41 bits per heavy atom. The van der Waals surface area contributed by atoms with E-state index in [0.717, 1.165) is 17.9 Å². The van der Waals surface area contributed by atoms with Gasteiger partial charge in [0.1, 0.15) is 5.69 Å². The Morgan fingerprint density at radius 1 is 1.18 bits per heavy atom. The molecule has 1 unspecified atom stereocenters. The molecule has 3 fully saturated rings. The number of hydrogen-bond acceptors (Lipinski definition) is 10. The van der Waals surface area contributed by atoms with Crippen LogP contribution in [-0.2, 0) is 9.53 Å². The molecule has 0 aromatic carbocycles. The molecule has 3 aliphatic rings. The molecular formula is C23H27F3N8O5. The van der Waals surface area contributed by atoms with Crippen LogP contribution in [0.3, 0.4) is 0 Å². The number of ether oxygens (including phenoxy) is 1. The Kier molecular flexibility index (Phi) is 7.48. The molecular weight excluding hydrogens is 525 g/mol. The Balaban J connectivity index is 0.000000392. The van der Waals surface area contributed by atoms with E-state index in [9.17, 15) is 18.0 Å². The summed E-state index contributed by atoms with van der Waals surface area (Å²) in [5, 5.41) is 25.8. The van der Waals surface area contributed by atoms with Gasteiger partial charge in [-0.15, -0.1) is 0 Å². The van der Waals surface area contributed by atoms with Crippen LogP contribution in [0.1, 0.15) is 65.3 Å². The van der Waals surface area contributed by atoms with Gasteiger partial charge in [-0.1, -0.05) is 5.16 Å². The first-order valence-corrected chi connectivity index (χ1v) is 12.5. The number of aromatic nitrogens is 6. The molecule has 4 heterocycles. The third-order valence-electron chi connectivity index (χ3n) is 6.94. The molecule has 3 aromatic rings. The number of nitrogens with zero attached hydrogens (tertiary/aromatic N) is 6. The maximum Gasteiger partial charge on any atom is 0.490 e. The van der Waals surface area contributed by atoms with Gasteiger partial charge in [0.15, 0.2) is 5.69 Å². The fraction of sp³-hybridized carbons (Fsp3) is 0.609. The molecule has 0 spiro atoms. The van der Waals surface area contributed by atoms with Crippen LogP contribution < -0.4 is 10.6 Å². The van der Waals surface area contributed by atoms with E-state index in [4.69, 9.17) is 29.2 Å². The lowest BCUT2D eigenvalue weighted by Gasteiger charge is -2.26. The molecule has 3 aromatic heterocycles. The fourth-order valence-corrected chi connectivity index (χ4v) is 4.78. The third-order valence-corrected chi connectivity index (χ3v) is 6.94. The number of nitrogens with one attached hydrogen (secondary N) is 2. The number of morpholine rings is 1. The Bertz CT molecular complexity index is 1320. The van der Waals surface area contributed by atoms with Crippen molar-refractivity contribution in [1.82, 2.24) is 40.5 Å². The van der Waals surface area contributed by atoms with Crippen LogP contribution in [0.25, 0.3) is 5.78 Å². The summed E-state index contributed by atoms with van der Waals surface area (Å²) < 4.78 is 43.7. The minimum Gasteiger partial charge on any atom is -0.475 e. The van der Waals surface area contributed by atoms with Crippen LogP contribution in [-0.4, -0.2) is 72.8 Å². The zero-order valence-corrected chi connectivity index (χ0v) is 20.9. The van der Waals surface area contributed by atoms with Gasteiger partial charge in [0, 0.05) is 6.54 Å². The number of aliphatic carboxylic acids is 1. The van der Waals surface area contributed by atoms with E-state index in [2.05, 4.69) is 26.0 Å². The first-order chi connectivity index (χ1) is 18.6. The predicted octanol–water partition coefficient (Wildman–Crippen LogP) is 2.02. The number of amides is 1. The molecule has 3 N–H and O–H groups in total. The number of carboxylic acids is 1. The molecule has 13 nitrogen and oxygen atoms in total. The third kappa shape index (κ3) is 6.33. The maximum atomic E-state index is 13.0. The molecule has 1 amide bonds. The van der Waals surface area contributed by atoms with Crippen LogP contribution in [0.5, 0.6) is 0 Å². The maximum absolute atomic E-state index is 13.0. The van der Waals surface area contributed by atoms with Gasteiger partial charge in [0.05, 0.1) is 49.1 Å². The summed E-state index contributed by atoms with van der Waals surface area (Å²) in [5.41, 5.74) is 2.27. The number of carbonyl (C=O) groups is 2. The molecule has 0 radical (unpaired) electrons. The quantitative estimate of drug-likeness (QED) is 0.392. The van der Waals surface area contributed by atoms with Crippen molar-refractivity contribution < 1.29 is 37.2 Å². The van der Waals surface area contributed by atoms with Gasteiger partial charge < -0.3 is 20.5 Å². The highest BCUT2D eigenvalue weighted by molar-refractivity contribution is 5.93. The van der Waals surface area contributed by atoms with Crippen LogP contribution in [0.2, 0.25) is 0 Å². The van der Waals surface area contributed by atoms with E-state index < -0.39 is 12.1 Å². The lowest BCUT2D eigenvalue weighted by molar-refractivity contribution is -0.192. The first kappa shape index (κ1) is 26.9. The standard InChI is InChI=1S/C21H26N8O3.C2HF3O2/c1-11-18(28-32-27-11)20(30)26-19(17(12-2-3-12)13-4-5-13)15-9-29-21(25-15)24-14(8-23-29)16-10-31-7-6-22-16;3-2(4,5)1(6)7/h8-9,12-13,16-17,19,22H,2-7,10H2,1H3,(H,26,30);(H,6,7)/t16?,19-;/m1./s1. The molecule has 6 rings (SSSR count). The predicted molar refractivity (Wildman–Crippen MR) is 124 cm³/mol. The lowest BCUT2D eigenvalue weighted by atomic mass is 9.87. The number of carbonyl (C=O) groups excluding carboxylic acids is 1. The van der Waals surface area contributed by atoms with Gasteiger partial charge in [-0.3, -0.25) is 4.79 Å². The van der Waals surface area contributed by atoms with E-state index in [-0.39, 0.29) is 23.7 Å². The second-order valence-electron chi connectivity index (χ2n) is 9.88. The minimum absolute atomic E-state index is 0.00483. The van der Waals surface area contributed by atoms with Gasteiger partial charge in [0.2, 0.25) is 0 Å². The topological polar surface area (TPSA) is 170 Å². The zero-order valence-electron chi connectivity index (χ0n) is 20.9. The van der Waals surface area contributed by atoms with Gasteiger partial charge in [-0.05, 0) is 55.5 Å². The normalized spacial score (nSPS) is 20.4. The largest absolute Gasteiger partial charge is 0.490 e. The second-order valence-corrected chi connectivity index (χ2v) is 9.88. The molecule has 210 valence electrons. The van der Waals surface area contributed by atoms with Gasteiger partial charge in [-0.2, -0.15) is 18.3 Å². The summed E-state index contributed by atoms with van der Waals surface area (Å²) in [4.78, 5) is 31.4. The van der Waals surface area contributed by atoms with Crippen LogP contribution in [0.4, 0.5) is 13.2 Å². The summed E-state index contributed by atoms with van der Waals surface area (Å²) in [5.74, 6) is -0.969. The average Bonchev–Trinajstić information content (AvgIpc) is 3.84. The van der Waals surface area contributed by atoms with Crippen molar-refractivity contribution in [3.05, 3.63) is 35.2 Å². The molecule has 1 aliphatic heterocycles. The number of fused-ring (bicyclic) bond motifs is 1. The number of carboxylic acid groups (broad SMARTS) is 1. The van der Waals surface area contributed by atoms with E-state index in [1.54, 1.807) is 17.6 Å². The average molecular weight is 553 g/mol. The Morgan fingerprint density at radius 2 is 1.87 bits per heavy atom. The zero-order chi connectivity index (χ0) is 27.7. The highest BCUT2D eigenvalue weighted by atomic mass is 19.4. The summed E-state index contributed by atoms with van der Waals surface area (Å²) in [6.07, 6.45) is 3.33. The molecule has 2 saturated carbocycles. The molecule has 0 bridgehead atoms. The van der Waals surface area contributed by atoms with E-state index in [0.29, 0.717) is 42.4 Å². The van der Waals surface area contributed by atoms with Gasteiger partial charge >= 0.3 is 12.1 Å². The van der Waals surface area contributed by atoms with E-state index in [1.165, 1.54) is 25.7 Å². The smallest absolute Gasteiger partial charge is 0.475 e. The Hall–Kier alpha value is -3.66. The number of hydrogen-bond donors (Lipinski definition) is 3. The monoisotopic (exact) mass is 552 g/mol. The van der Waals surface area contributed by atoms with E-state index >= 15 is 0 Å². The van der Waals surface area contributed by atoms with Crippen LogP contribution in [0.15, 0.2) is 17.0 Å². The van der Waals surface area contributed by atoms with Crippen molar-refractivity contribution in [1.29, 1.82) is 0 Å². The van der Waals surface area contributed by atoms with Crippen molar-refractivity contribution in [3.63, 3.8) is 0 Å². The molecule has 2 aliphatic carbocycles. The lowest BCUT2D eigenvalue weighted by Crippen LogP contribution is -2.36. The SMILES string of the molecule is Cc1nonc1C(=O)N[C@H](c1cn2ncc(C3COCCN3)nc2n1)C(C1CC1)C1CC1.O=C(O)C(F)(F)F. The summed E-state index contributed by atoms with van der Waals surface area (Å²) in [7, 11) is 0. The van der Waals surface area contributed by atoms with Crippen LogP contribution in [0, 0.1) is 24.7 Å². The molecule has 1 saturated heterocycles. The molecule has 39 heavy (non-hydrogen) atoms. The number of imidazole rings is 1. The van der Waals surface area contributed by atoms with Crippen molar-refractivity contribution in [3.8, 4) is 0 Å². The van der Waals surface area contributed by atoms with Crippen molar-refractivity contribution in [2.24, 2.45) is 17.8 Å². The van der Waals surface area contributed by atoms with E-state index in [1.807, 2.05) is 6.20 Å². The summed E-state index contributed by atoms with van der Waals surface area (Å²) >= 11 is 0. The fourth-order valence-electron chi connectivity index (χ4n) is 4.78. The number of rotatable bonds is 7. The van der Waals surface area contributed by atoms with Crippen molar-refractivity contribution in [2.75, 3.05) is 19.8 Å². The highest BCUT2D eigenvalue weighted by Gasteiger charge is 2.47. The second kappa shape index (κ2) is 10.8. The highest BCUT2D eigenvalue weighted by Crippen LogP contribution is 2.54. The first-order valence-electron chi connectivity index (χ1n) is 12.5. The number of aryl methyl sites for hydroxylation is 1. The Labute approximate surface area is 219 Å². The number of alkyl halides is 3. The van der Waals surface area contributed by atoms with Gasteiger partial charge in [-0.25, -0.2) is 23.9 Å². The molecule has 2 atom stereocenters. The van der Waals surface area contributed by atoms with Crippen molar-refractivity contribution >= 4 is 17.7 Å². The van der Waals surface area contributed by atoms with Crippen LogP contribution >= 0.6 is 0 Å². The summed E-state index contributed by atoms with van der Waals surface area (Å²) in [6, 6.07) is -0.230. The molecule has 16 heteroatoms. The minimum atomic E-state index is -5.08. The summed E-state index contributed by atoms with van der Waals surface area (Å²) in [6.45, 7) is 3.76. The number of halogens is 3.